The van der Waals surface area contributed by atoms with Crippen molar-refractivity contribution in [2.75, 3.05) is 7.05 Å². The van der Waals surface area contributed by atoms with Crippen LogP contribution < -0.4 is 5.32 Å². The molecule has 1 aromatic rings. The third kappa shape index (κ3) is 3.04. The summed E-state index contributed by atoms with van der Waals surface area (Å²) in [6.07, 6.45) is 4.42. The van der Waals surface area contributed by atoms with Gasteiger partial charge in [0.1, 0.15) is 0 Å². The molecule has 1 fully saturated rings. The summed E-state index contributed by atoms with van der Waals surface area (Å²) < 4.78 is 5.28. The Morgan fingerprint density at radius 3 is 2.75 bits per heavy atom. The first kappa shape index (κ1) is 11.6. The summed E-state index contributed by atoms with van der Waals surface area (Å²) in [6.45, 7) is 4.46. The Morgan fingerprint density at radius 1 is 1.44 bits per heavy atom. The van der Waals surface area contributed by atoms with Gasteiger partial charge in [-0.2, -0.15) is 4.98 Å². The highest BCUT2D eigenvalue weighted by Gasteiger charge is 2.29. The SMILES string of the molecule is CNC(Cc1nc(C2CC2)no1)CC(C)C. The van der Waals surface area contributed by atoms with Crippen LogP contribution in [0, 0.1) is 5.92 Å². The predicted molar refractivity (Wildman–Crippen MR) is 62.3 cm³/mol. The molecule has 90 valence electrons. The minimum absolute atomic E-state index is 0.438. The molecule has 2 rings (SSSR count). The van der Waals surface area contributed by atoms with Gasteiger partial charge in [0, 0.05) is 18.4 Å². The van der Waals surface area contributed by atoms with Crippen LogP contribution in [-0.4, -0.2) is 23.2 Å². The lowest BCUT2D eigenvalue weighted by Crippen LogP contribution is -2.29. The van der Waals surface area contributed by atoms with Gasteiger partial charge in [0.2, 0.25) is 5.89 Å². The number of aromatic nitrogens is 2. The van der Waals surface area contributed by atoms with E-state index in [2.05, 4.69) is 29.3 Å². The summed E-state index contributed by atoms with van der Waals surface area (Å²) >= 11 is 0. The second-order valence-corrected chi connectivity index (χ2v) is 5.14. The summed E-state index contributed by atoms with van der Waals surface area (Å²) in [5, 5.41) is 7.34. The van der Waals surface area contributed by atoms with Gasteiger partial charge in [-0.1, -0.05) is 19.0 Å². The van der Waals surface area contributed by atoms with Crippen LogP contribution in [0.5, 0.6) is 0 Å². The van der Waals surface area contributed by atoms with Gasteiger partial charge >= 0.3 is 0 Å². The number of nitrogens with zero attached hydrogens (tertiary/aromatic N) is 2. The maximum Gasteiger partial charge on any atom is 0.228 e. The van der Waals surface area contributed by atoms with E-state index in [0.29, 0.717) is 17.9 Å². The van der Waals surface area contributed by atoms with Gasteiger partial charge < -0.3 is 9.84 Å². The second-order valence-electron chi connectivity index (χ2n) is 5.14. The molecule has 1 unspecified atom stereocenters. The van der Waals surface area contributed by atoms with Gasteiger partial charge in [0.25, 0.3) is 0 Å². The van der Waals surface area contributed by atoms with Crippen LogP contribution in [0.15, 0.2) is 4.52 Å². The summed E-state index contributed by atoms with van der Waals surface area (Å²) in [6, 6.07) is 0.438. The van der Waals surface area contributed by atoms with Crippen molar-refractivity contribution in [2.45, 2.75) is 51.5 Å². The number of nitrogens with one attached hydrogen (secondary N) is 1. The zero-order valence-corrected chi connectivity index (χ0v) is 10.4. The van der Waals surface area contributed by atoms with Crippen molar-refractivity contribution in [1.29, 1.82) is 0 Å². The van der Waals surface area contributed by atoms with E-state index in [9.17, 15) is 0 Å². The molecule has 0 radical (unpaired) electrons. The lowest BCUT2D eigenvalue weighted by molar-refractivity contribution is 0.342. The largest absolute Gasteiger partial charge is 0.339 e. The molecule has 1 atom stereocenters. The molecule has 16 heavy (non-hydrogen) atoms. The first-order chi connectivity index (χ1) is 7.69. The molecule has 1 saturated carbocycles. The Hall–Kier alpha value is -0.900. The molecule has 0 amide bonds. The molecule has 4 heteroatoms. The third-order valence-corrected chi connectivity index (χ3v) is 3.01. The fraction of sp³-hybridized carbons (Fsp3) is 0.833. The van der Waals surface area contributed by atoms with Gasteiger partial charge in [-0.15, -0.1) is 0 Å². The maximum absolute atomic E-state index is 5.28. The van der Waals surface area contributed by atoms with Crippen molar-refractivity contribution < 1.29 is 4.52 Å². The molecule has 1 aliphatic carbocycles. The van der Waals surface area contributed by atoms with E-state index in [-0.39, 0.29) is 0 Å². The van der Waals surface area contributed by atoms with Crippen LogP contribution >= 0.6 is 0 Å². The van der Waals surface area contributed by atoms with Crippen molar-refractivity contribution in [1.82, 2.24) is 15.5 Å². The minimum Gasteiger partial charge on any atom is -0.339 e. The van der Waals surface area contributed by atoms with Gasteiger partial charge in [-0.3, -0.25) is 0 Å². The first-order valence-electron chi connectivity index (χ1n) is 6.18. The Kier molecular flexibility index (Phi) is 3.59. The lowest BCUT2D eigenvalue weighted by Gasteiger charge is -2.15. The number of hydrogen-bond donors (Lipinski definition) is 1. The summed E-state index contributed by atoms with van der Waals surface area (Å²) in [5.41, 5.74) is 0. The standard InChI is InChI=1S/C12H21N3O/c1-8(2)6-10(13-3)7-11-14-12(15-16-11)9-4-5-9/h8-10,13H,4-7H2,1-3H3. The molecule has 0 saturated heterocycles. The highest BCUT2D eigenvalue weighted by atomic mass is 16.5. The fourth-order valence-corrected chi connectivity index (χ4v) is 1.94. The molecular formula is C12H21N3O. The molecule has 0 bridgehead atoms. The monoisotopic (exact) mass is 223 g/mol. The van der Waals surface area contributed by atoms with E-state index in [4.69, 9.17) is 4.52 Å². The first-order valence-corrected chi connectivity index (χ1v) is 6.18. The Labute approximate surface area is 96.8 Å². The van der Waals surface area contributed by atoms with Gasteiger partial charge in [0.15, 0.2) is 5.82 Å². The van der Waals surface area contributed by atoms with Crippen molar-refractivity contribution in [3.63, 3.8) is 0 Å². The van der Waals surface area contributed by atoms with E-state index < -0.39 is 0 Å². The highest BCUT2D eigenvalue weighted by molar-refractivity contribution is 5.03. The van der Waals surface area contributed by atoms with E-state index in [1.54, 1.807) is 0 Å². The van der Waals surface area contributed by atoms with E-state index in [1.807, 2.05) is 7.05 Å². The van der Waals surface area contributed by atoms with Crippen LogP contribution in [0.4, 0.5) is 0 Å². The van der Waals surface area contributed by atoms with E-state index >= 15 is 0 Å². The van der Waals surface area contributed by atoms with Crippen LogP contribution in [0.3, 0.4) is 0 Å². The Morgan fingerprint density at radius 2 is 2.19 bits per heavy atom. The van der Waals surface area contributed by atoms with Gasteiger partial charge in [-0.05, 0) is 32.2 Å². The third-order valence-electron chi connectivity index (χ3n) is 3.01. The topological polar surface area (TPSA) is 51.0 Å². The lowest BCUT2D eigenvalue weighted by atomic mass is 10.0. The predicted octanol–water partition coefficient (Wildman–Crippen LogP) is 2.12. The molecule has 1 aromatic heterocycles. The number of hydrogen-bond acceptors (Lipinski definition) is 4. The normalized spacial score (nSPS) is 18.0. The molecule has 1 aliphatic rings. The van der Waals surface area contributed by atoms with Crippen molar-refractivity contribution in [2.24, 2.45) is 5.92 Å². The van der Waals surface area contributed by atoms with Gasteiger partial charge in [-0.25, -0.2) is 0 Å². The Balaban J connectivity index is 1.90. The van der Waals surface area contributed by atoms with Gasteiger partial charge in [0.05, 0.1) is 0 Å². The quantitative estimate of drug-likeness (QED) is 0.802. The smallest absolute Gasteiger partial charge is 0.228 e. The molecule has 1 N–H and O–H groups in total. The highest BCUT2D eigenvalue weighted by Crippen LogP contribution is 2.38. The molecule has 0 spiro atoms. The van der Waals surface area contributed by atoms with Crippen LogP contribution in [0.1, 0.15) is 50.7 Å². The van der Waals surface area contributed by atoms with Crippen molar-refractivity contribution in [3.8, 4) is 0 Å². The van der Waals surface area contributed by atoms with E-state index in [1.165, 1.54) is 12.8 Å². The summed E-state index contributed by atoms with van der Waals surface area (Å²) in [4.78, 5) is 4.45. The van der Waals surface area contributed by atoms with E-state index in [0.717, 1.165) is 24.6 Å². The average molecular weight is 223 g/mol. The molecule has 1 heterocycles. The minimum atomic E-state index is 0.438. The van der Waals surface area contributed by atoms with Crippen molar-refractivity contribution in [3.05, 3.63) is 11.7 Å². The van der Waals surface area contributed by atoms with Crippen LogP contribution in [0.25, 0.3) is 0 Å². The van der Waals surface area contributed by atoms with Crippen LogP contribution in [-0.2, 0) is 6.42 Å². The molecule has 0 aromatic carbocycles. The molecule has 4 nitrogen and oxygen atoms in total. The number of rotatable bonds is 6. The van der Waals surface area contributed by atoms with Crippen LogP contribution in [0.2, 0.25) is 0 Å². The number of likely N-dealkylation sites (N-methyl/N-ethyl adjacent to an activating group) is 1. The second kappa shape index (κ2) is 4.95. The zero-order valence-electron chi connectivity index (χ0n) is 10.4. The summed E-state index contributed by atoms with van der Waals surface area (Å²) in [7, 11) is 1.99. The fourth-order valence-electron chi connectivity index (χ4n) is 1.94. The molecular weight excluding hydrogens is 202 g/mol. The Bertz CT molecular complexity index is 331. The average Bonchev–Trinajstić information content (AvgIpc) is 2.98. The molecule has 0 aliphatic heterocycles. The summed E-state index contributed by atoms with van der Waals surface area (Å²) in [5.74, 6) is 2.95. The zero-order chi connectivity index (χ0) is 11.5. The maximum atomic E-state index is 5.28. The van der Waals surface area contributed by atoms with Crippen molar-refractivity contribution >= 4 is 0 Å².